The molecule has 4 nitrogen and oxygen atoms in total. The Morgan fingerprint density at radius 2 is 2.10 bits per heavy atom. The molecule has 0 aliphatic heterocycles. The molecule has 2 N–H and O–H groups in total. The van der Waals surface area contributed by atoms with Crippen molar-refractivity contribution in [1.29, 1.82) is 0 Å². The van der Waals surface area contributed by atoms with Crippen LogP contribution in [0.2, 0.25) is 0 Å². The van der Waals surface area contributed by atoms with E-state index in [1.165, 1.54) is 5.56 Å². The van der Waals surface area contributed by atoms with Crippen LogP contribution in [0.4, 0.5) is 5.69 Å². The van der Waals surface area contributed by atoms with Crippen molar-refractivity contribution >= 4 is 32.7 Å². The van der Waals surface area contributed by atoms with Gasteiger partial charge in [-0.15, -0.1) is 0 Å². The number of aromatic nitrogens is 1. The van der Waals surface area contributed by atoms with Gasteiger partial charge in [0.15, 0.2) is 12.2 Å². The van der Waals surface area contributed by atoms with E-state index in [0.29, 0.717) is 17.2 Å². The molecule has 0 aliphatic rings. The Bertz CT molecular complexity index is 768. The SMILES string of the molecule is Cc1ccc(OCc2nc3cc(N)ccc3o2)c(Br)c1. The van der Waals surface area contributed by atoms with Gasteiger partial charge in [0.2, 0.25) is 5.89 Å². The van der Waals surface area contributed by atoms with E-state index in [2.05, 4.69) is 20.9 Å². The number of nitrogen functional groups attached to an aromatic ring is 1. The molecule has 0 amide bonds. The summed E-state index contributed by atoms with van der Waals surface area (Å²) in [6.07, 6.45) is 0. The molecule has 0 aliphatic carbocycles. The maximum Gasteiger partial charge on any atom is 0.233 e. The van der Waals surface area contributed by atoms with Crippen molar-refractivity contribution in [1.82, 2.24) is 4.98 Å². The molecular formula is C15H13BrN2O2. The fraction of sp³-hybridized carbons (Fsp3) is 0.133. The largest absolute Gasteiger partial charge is 0.483 e. The summed E-state index contributed by atoms with van der Waals surface area (Å²) in [5, 5.41) is 0. The average Bonchev–Trinajstić information content (AvgIpc) is 2.79. The summed E-state index contributed by atoms with van der Waals surface area (Å²) in [5.41, 5.74) is 9.00. The van der Waals surface area contributed by atoms with Crippen LogP contribution in [0.15, 0.2) is 45.3 Å². The lowest BCUT2D eigenvalue weighted by molar-refractivity contribution is 0.265. The van der Waals surface area contributed by atoms with Crippen molar-refractivity contribution in [3.63, 3.8) is 0 Å². The molecule has 0 spiro atoms. The Hall–Kier alpha value is -2.01. The lowest BCUT2D eigenvalue weighted by atomic mass is 10.2. The summed E-state index contributed by atoms with van der Waals surface area (Å²) in [4.78, 5) is 4.35. The second-order valence-corrected chi connectivity index (χ2v) is 5.41. The maximum absolute atomic E-state index is 5.71. The monoisotopic (exact) mass is 332 g/mol. The molecule has 1 heterocycles. The lowest BCUT2D eigenvalue weighted by Gasteiger charge is -2.06. The van der Waals surface area contributed by atoms with E-state index in [-0.39, 0.29) is 6.61 Å². The number of oxazole rings is 1. The third-order valence-electron chi connectivity index (χ3n) is 2.89. The summed E-state index contributed by atoms with van der Waals surface area (Å²) in [6.45, 7) is 2.30. The summed E-state index contributed by atoms with van der Waals surface area (Å²) in [6, 6.07) is 11.3. The van der Waals surface area contributed by atoms with E-state index in [9.17, 15) is 0 Å². The Morgan fingerprint density at radius 1 is 1.25 bits per heavy atom. The molecule has 0 bridgehead atoms. The highest BCUT2D eigenvalue weighted by molar-refractivity contribution is 9.10. The van der Waals surface area contributed by atoms with Gasteiger partial charge in [-0.05, 0) is 58.7 Å². The molecule has 3 aromatic rings. The number of hydrogen-bond acceptors (Lipinski definition) is 4. The van der Waals surface area contributed by atoms with Gasteiger partial charge in [-0.3, -0.25) is 0 Å². The van der Waals surface area contributed by atoms with Crippen LogP contribution in [0.1, 0.15) is 11.5 Å². The molecule has 20 heavy (non-hydrogen) atoms. The van der Waals surface area contributed by atoms with Crippen LogP contribution >= 0.6 is 15.9 Å². The van der Waals surface area contributed by atoms with Crippen LogP contribution in [0.3, 0.4) is 0 Å². The second-order valence-electron chi connectivity index (χ2n) is 4.56. The zero-order chi connectivity index (χ0) is 14.1. The zero-order valence-electron chi connectivity index (χ0n) is 10.9. The van der Waals surface area contributed by atoms with E-state index in [0.717, 1.165) is 15.7 Å². The van der Waals surface area contributed by atoms with Crippen molar-refractivity contribution in [2.75, 3.05) is 5.73 Å². The van der Waals surface area contributed by atoms with E-state index in [1.54, 1.807) is 12.1 Å². The standard InChI is InChI=1S/C15H13BrN2O2/c1-9-2-4-13(11(16)6-9)19-8-15-18-12-7-10(17)3-5-14(12)20-15/h2-7H,8,17H2,1H3. The minimum atomic E-state index is 0.274. The van der Waals surface area contributed by atoms with Crippen molar-refractivity contribution < 1.29 is 9.15 Å². The molecule has 0 saturated heterocycles. The first-order chi connectivity index (χ1) is 9.61. The minimum Gasteiger partial charge on any atom is -0.483 e. The molecule has 0 atom stereocenters. The Labute approximate surface area is 124 Å². The molecule has 1 aromatic heterocycles. The molecular weight excluding hydrogens is 320 g/mol. The number of fused-ring (bicyclic) bond motifs is 1. The number of ether oxygens (including phenoxy) is 1. The molecule has 3 rings (SSSR count). The van der Waals surface area contributed by atoms with E-state index < -0.39 is 0 Å². The van der Waals surface area contributed by atoms with Crippen LogP contribution in [0, 0.1) is 6.92 Å². The average molecular weight is 333 g/mol. The smallest absolute Gasteiger partial charge is 0.233 e. The van der Waals surface area contributed by atoms with Crippen molar-refractivity contribution in [2.45, 2.75) is 13.5 Å². The summed E-state index contributed by atoms with van der Waals surface area (Å²) in [5.74, 6) is 1.29. The third kappa shape index (κ3) is 2.63. The molecule has 102 valence electrons. The summed E-state index contributed by atoms with van der Waals surface area (Å²) >= 11 is 3.47. The van der Waals surface area contributed by atoms with Gasteiger partial charge in [-0.2, -0.15) is 0 Å². The third-order valence-corrected chi connectivity index (χ3v) is 3.51. The van der Waals surface area contributed by atoms with Gasteiger partial charge in [0.1, 0.15) is 11.3 Å². The number of anilines is 1. The predicted octanol–water partition coefficient (Wildman–Crippen LogP) is 4.06. The first-order valence-corrected chi connectivity index (χ1v) is 6.95. The van der Waals surface area contributed by atoms with Crippen molar-refractivity contribution in [3.05, 3.63) is 52.3 Å². The van der Waals surface area contributed by atoms with Gasteiger partial charge in [0, 0.05) is 5.69 Å². The first kappa shape index (κ1) is 13.0. The van der Waals surface area contributed by atoms with Crippen LogP contribution in [0.5, 0.6) is 5.75 Å². The fourth-order valence-electron chi connectivity index (χ4n) is 1.92. The number of nitrogens with two attached hydrogens (primary N) is 1. The predicted molar refractivity (Wildman–Crippen MR) is 81.6 cm³/mol. The van der Waals surface area contributed by atoms with Gasteiger partial charge >= 0.3 is 0 Å². The normalized spacial score (nSPS) is 10.9. The number of benzene rings is 2. The lowest BCUT2D eigenvalue weighted by Crippen LogP contribution is -1.96. The number of aryl methyl sites for hydroxylation is 1. The van der Waals surface area contributed by atoms with Gasteiger partial charge in [-0.25, -0.2) is 4.98 Å². The highest BCUT2D eigenvalue weighted by atomic mass is 79.9. The number of halogens is 1. The number of hydrogen-bond donors (Lipinski definition) is 1. The van der Waals surface area contributed by atoms with Gasteiger partial charge in [-0.1, -0.05) is 6.07 Å². The first-order valence-electron chi connectivity index (χ1n) is 6.16. The fourth-order valence-corrected chi connectivity index (χ4v) is 2.52. The van der Waals surface area contributed by atoms with Crippen LogP contribution in [-0.4, -0.2) is 4.98 Å². The molecule has 0 saturated carbocycles. The van der Waals surface area contributed by atoms with Crippen LogP contribution in [-0.2, 0) is 6.61 Å². The minimum absolute atomic E-state index is 0.274. The molecule has 5 heteroatoms. The number of nitrogens with zero attached hydrogens (tertiary/aromatic N) is 1. The second kappa shape index (κ2) is 5.17. The molecule has 0 fully saturated rings. The van der Waals surface area contributed by atoms with Crippen LogP contribution < -0.4 is 10.5 Å². The Morgan fingerprint density at radius 3 is 2.90 bits per heavy atom. The Balaban J connectivity index is 1.79. The van der Waals surface area contributed by atoms with Crippen LogP contribution in [0.25, 0.3) is 11.1 Å². The molecule has 2 aromatic carbocycles. The summed E-state index contributed by atoms with van der Waals surface area (Å²) in [7, 11) is 0. The van der Waals surface area contributed by atoms with Crippen molar-refractivity contribution in [2.24, 2.45) is 0 Å². The topological polar surface area (TPSA) is 61.3 Å². The van der Waals surface area contributed by atoms with Gasteiger partial charge < -0.3 is 14.9 Å². The van der Waals surface area contributed by atoms with E-state index in [1.807, 2.05) is 31.2 Å². The molecule has 0 unspecified atom stereocenters. The van der Waals surface area contributed by atoms with Crippen molar-refractivity contribution in [3.8, 4) is 5.75 Å². The van der Waals surface area contributed by atoms with E-state index in [4.69, 9.17) is 14.9 Å². The maximum atomic E-state index is 5.71. The number of rotatable bonds is 3. The van der Waals surface area contributed by atoms with Gasteiger partial charge in [0.25, 0.3) is 0 Å². The van der Waals surface area contributed by atoms with Gasteiger partial charge in [0.05, 0.1) is 4.47 Å². The highest BCUT2D eigenvalue weighted by Crippen LogP contribution is 2.27. The highest BCUT2D eigenvalue weighted by Gasteiger charge is 2.08. The van der Waals surface area contributed by atoms with E-state index >= 15 is 0 Å². The summed E-state index contributed by atoms with van der Waals surface area (Å²) < 4.78 is 12.2. The molecule has 0 radical (unpaired) electrons. The Kier molecular flexibility index (Phi) is 3.36. The zero-order valence-corrected chi connectivity index (χ0v) is 12.5. The quantitative estimate of drug-likeness (QED) is 0.734.